The van der Waals surface area contributed by atoms with E-state index >= 15 is 0 Å². The summed E-state index contributed by atoms with van der Waals surface area (Å²) in [6.45, 7) is 1.31. The Morgan fingerprint density at radius 3 is 2.38 bits per heavy atom. The van der Waals surface area contributed by atoms with Crippen LogP contribution < -0.4 is 0 Å². The number of phenols is 2. The molecule has 1 aromatic carbocycles. The van der Waals surface area contributed by atoms with Crippen molar-refractivity contribution in [2.75, 3.05) is 0 Å². The maximum Gasteiger partial charge on any atom is 0.376 e. The molecular formula is C9H7ClO6. The van der Waals surface area contributed by atoms with Crippen molar-refractivity contribution >= 4 is 23.9 Å². The van der Waals surface area contributed by atoms with Crippen LogP contribution in [-0.2, 0) is 4.89 Å². The molecule has 0 aliphatic carbocycles. The Morgan fingerprint density at radius 2 is 1.94 bits per heavy atom. The minimum atomic E-state index is -1.28. The lowest BCUT2D eigenvalue weighted by Gasteiger charge is -2.11. The van der Waals surface area contributed by atoms with E-state index < -0.39 is 28.6 Å². The monoisotopic (exact) mass is 246 g/mol. The van der Waals surface area contributed by atoms with Crippen molar-refractivity contribution in [3.05, 3.63) is 21.7 Å². The smallest absolute Gasteiger partial charge is 0.376 e. The van der Waals surface area contributed by atoms with Crippen LogP contribution in [0.3, 0.4) is 0 Å². The SMILES string of the molecule is Cc1c(Cl)c(O)c(C=O)c(O)c1C(=O)OO. The Kier molecular flexibility index (Phi) is 3.36. The molecule has 7 heteroatoms. The molecule has 6 nitrogen and oxygen atoms in total. The van der Waals surface area contributed by atoms with Crippen LogP contribution in [0.25, 0.3) is 0 Å². The van der Waals surface area contributed by atoms with E-state index in [9.17, 15) is 19.8 Å². The molecule has 0 aliphatic heterocycles. The van der Waals surface area contributed by atoms with Crippen LogP contribution in [0, 0.1) is 6.92 Å². The molecule has 0 bridgehead atoms. The molecule has 0 saturated carbocycles. The van der Waals surface area contributed by atoms with Gasteiger partial charge in [0.25, 0.3) is 0 Å². The van der Waals surface area contributed by atoms with Crippen LogP contribution >= 0.6 is 11.6 Å². The highest BCUT2D eigenvalue weighted by Crippen LogP contribution is 2.39. The summed E-state index contributed by atoms with van der Waals surface area (Å²) in [4.78, 5) is 25.1. The third-order valence-corrected chi connectivity index (χ3v) is 2.53. The van der Waals surface area contributed by atoms with Gasteiger partial charge in [0.05, 0.1) is 5.02 Å². The summed E-state index contributed by atoms with van der Waals surface area (Å²) in [6, 6.07) is 0. The van der Waals surface area contributed by atoms with Gasteiger partial charge in [-0.05, 0) is 12.5 Å². The molecule has 0 saturated heterocycles. The van der Waals surface area contributed by atoms with Gasteiger partial charge in [0.1, 0.15) is 22.6 Å². The zero-order valence-corrected chi connectivity index (χ0v) is 8.78. The van der Waals surface area contributed by atoms with Crippen LogP contribution in [-0.4, -0.2) is 27.7 Å². The molecule has 0 atom stereocenters. The van der Waals surface area contributed by atoms with E-state index in [1.165, 1.54) is 6.92 Å². The van der Waals surface area contributed by atoms with Crippen LogP contribution in [0.15, 0.2) is 0 Å². The van der Waals surface area contributed by atoms with Gasteiger partial charge in [-0.3, -0.25) is 9.68 Å². The van der Waals surface area contributed by atoms with Crippen LogP contribution in [0.2, 0.25) is 5.02 Å². The number of aromatic hydroxyl groups is 2. The lowest BCUT2D eigenvalue weighted by atomic mass is 10.0. The Labute approximate surface area is 94.6 Å². The van der Waals surface area contributed by atoms with E-state index in [0.717, 1.165) is 0 Å². The number of halogens is 1. The van der Waals surface area contributed by atoms with Crippen molar-refractivity contribution in [3.8, 4) is 11.5 Å². The van der Waals surface area contributed by atoms with Crippen molar-refractivity contribution in [2.45, 2.75) is 6.92 Å². The summed E-state index contributed by atoms with van der Waals surface area (Å²) in [6.07, 6.45) is 0.129. The molecule has 0 heterocycles. The zero-order chi connectivity index (χ0) is 12.5. The van der Waals surface area contributed by atoms with E-state index in [1.807, 2.05) is 0 Å². The van der Waals surface area contributed by atoms with E-state index in [4.69, 9.17) is 16.9 Å². The molecular weight excluding hydrogens is 240 g/mol. The highest BCUT2D eigenvalue weighted by atomic mass is 35.5. The van der Waals surface area contributed by atoms with Crippen molar-refractivity contribution < 1.29 is 29.9 Å². The molecule has 86 valence electrons. The normalized spacial score (nSPS) is 9.94. The molecule has 1 rings (SSSR count). The van der Waals surface area contributed by atoms with Crippen molar-refractivity contribution in [1.29, 1.82) is 0 Å². The Bertz CT molecular complexity index is 468. The third kappa shape index (κ3) is 1.68. The van der Waals surface area contributed by atoms with Gasteiger partial charge in [-0.25, -0.2) is 4.79 Å². The number of carbonyl (C=O) groups is 2. The number of benzene rings is 1. The molecule has 0 spiro atoms. The summed E-state index contributed by atoms with van der Waals surface area (Å²) in [7, 11) is 0. The average Bonchev–Trinajstić information content (AvgIpc) is 2.27. The fraction of sp³-hybridized carbons (Fsp3) is 0.111. The summed E-state index contributed by atoms with van der Waals surface area (Å²) in [5.74, 6) is -2.71. The first kappa shape index (κ1) is 12.3. The minimum Gasteiger partial charge on any atom is -0.506 e. The Morgan fingerprint density at radius 1 is 1.38 bits per heavy atom. The Balaban J connectivity index is 3.68. The van der Waals surface area contributed by atoms with Gasteiger partial charge in [0.2, 0.25) is 0 Å². The molecule has 16 heavy (non-hydrogen) atoms. The highest BCUT2D eigenvalue weighted by molar-refractivity contribution is 6.34. The lowest BCUT2D eigenvalue weighted by molar-refractivity contribution is -0.183. The average molecular weight is 247 g/mol. The molecule has 0 amide bonds. The van der Waals surface area contributed by atoms with E-state index in [0.29, 0.717) is 0 Å². The molecule has 3 N–H and O–H groups in total. The Hall–Kier alpha value is -1.79. The van der Waals surface area contributed by atoms with E-state index in [2.05, 4.69) is 4.89 Å². The maximum atomic E-state index is 11.1. The van der Waals surface area contributed by atoms with E-state index in [1.54, 1.807) is 0 Å². The van der Waals surface area contributed by atoms with E-state index in [-0.39, 0.29) is 16.9 Å². The van der Waals surface area contributed by atoms with Gasteiger partial charge >= 0.3 is 5.97 Å². The summed E-state index contributed by atoms with van der Waals surface area (Å²) < 4.78 is 0. The molecule has 0 unspecified atom stereocenters. The van der Waals surface area contributed by atoms with Crippen LogP contribution in [0.1, 0.15) is 26.3 Å². The predicted molar refractivity (Wildman–Crippen MR) is 53.0 cm³/mol. The molecule has 0 aliphatic rings. The highest BCUT2D eigenvalue weighted by Gasteiger charge is 2.25. The summed E-state index contributed by atoms with van der Waals surface area (Å²) >= 11 is 5.63. The van der Waals surface area contributed by atoms with Gasteiger partial charge in [0, 0.05) is 0 Å². The summed E-state index contributed by atoms with van der Waals surface area (Å²) in [5.41, 5.74) is -1.04. The first-order chi connectivity index (χ1) is 7.45. The number of phenolic OH excluding ortho intramolecular Hbond substituents is 2. The molecule has 0 fully saturated rings. The van der Waals surface area contributed by atoms with Gasteiger partial charge in [-0.2, -0.15) is 5.26 Å². The van der Waals surface area contributed by atoms with Crippen molar-refractivity contribution in [2.24, 2.45) is 0 Å². The van der Waals surface area contributed by atoms with Crippen LogP contribution in [0.5, 0.6) is 11.5 Å². The van der Waals surface area contributed by atoms with Crippen molar-refractivity contribution in [3.63, 3.8) is 0 Å². The van der Waals surface area contributed by atoms with Gasteiger partial charge in [-0.1, -0.05) is 11.6 Å². The molecule has 1 aromatic rings. The lowest BCUT2D eigenvalue weighted by Crippen LogP contribution is -2.07. The third-order valence-electron chi connectivity index (χ3n) is 2.06. The first-order valence-electron chi connectivity index (χ1n) is 4.00. The standard InChI is InChI=1S/C9H7ClO6/c1-3-5(9(14)16-15)7(12)4(2-11)8(13)6(3)10/h2,12-13,15H,1H3. The second-order valence-corrected chi connectivity index (χ2v) is 3.30. The number of hydrogen-bond donors (Lipinski definition) is 3. The second-order valence-electron chi connectivity index (χ2n) is 2.92. The molecule has 0 aromatic heterocycles. The number of rotatable bonds is 2. The fourth-order valence-corrected chi connectivity index (χ4v) is 1.43. The molecule has 0 radical (unpaired) electrons. The number of hydrogen-bond acceptors (Lipinski definition) is 6. The quantitative estimate of drug-likeness (QED) is 0.415. The fourth-order valence-electron chi connectivity index (χ4n) is 1.24. The topological polar surface area (TPSA) is 104 Å². The summed E-state index contributed by atoms with van der Waals surface area (Å²) in [5, 5.41) is 26.8. The maximum absolute atomic E-state index is 11.1. The zero-order valence-electron chi connectivity index (χ0n) is 8.02. The largest absolute Gasteiger partial charge is 0.506 e. The van der Waals surface area contributed by atoms with Gasteiger partial charge in [0.15, 0.2) is 6.29 Å². The first-order valence-corrected chi connectivity index (χ1v) is 4.38. The van der Waals surface area contributed by atoms with Gasteiger partial charge < -0.3 is 10.2 Å². The second kappa shape index (κ2) is 4.38. The van der Waals surface area contributed by atoms with Crippen LogP contribution in [0.4, 0.5) is 0 Å². The van der Waals surface area contributed by atoms with Crippen molar-refractivity contribution in [1.82, 2.24) is 0 Å². The number of aldehydes is 1. The minimum absolute atomic E-state index is 0.0127. The van der Waals surface area contributed by atoms with Gasteiger partial charge in [-0.15, -0.1) is 0 Å². The number of carbonyl (C=O) groups excluding carboxylic acids is 2. The predicted octanol–water partition coefficient (Wildman–Crippen LogP) is 1.50.